The largest absolute Gasteiger partial charge is 0.497 e. The number of nitrogens with zero attached hydrogens (tertiary/aromatic N) is 1. The van der Waals surface area contributed by atoms with Crippen LogP contribution in [0.3, 0.4) is 0 Å². The Hall–Kier alpha value is -2.03. The molecule has 2 aromatic rings. The predicted molar refractivity (Wildman–Crippen MR) is 81.4 cm³/mol. The second-order valence-electron chi connectivity index (χ2n) is 5.36. The molecule has 1 aromatic heterocycles. The second kappa shape index (κ2) is 5.53. The lowest BCUT2D eigenvalue weighted by Gasteiger charge is -2.27. The zero-order chi connectivity index (χ0) is 13.9. The number of hydrogen-bond donors (Lipinski definition) is 1. The first-order chi connectivity index (χ1) is 9.76. The molecule has 0 amide bonds. The van der Waals surface area contributed by atoms with Gasteiger partial charge in [-0.1, -0.05) is 6.07 Å². The fourth-order valence-electron chi connectivity index (χ4n) is 2.84. The second-order valence-corrected chi connectivity index (χ2v) is 5.36. The van der Waals surface area contributed by atoms with E-state index in [1.807, 2.05) is 19.2 Å². The van der Waals surface area contributed by atoms with Crippen molar-refractivity contribution in [3.8, 4) is 5.75 Å². The van der Waals surface area contributed by atoms with E-state index in [-0.39, 0.29) is 0 Å². The molecule has 3 rings (SSSR count). The minimum atomic E-state index is 0.470. The average Bonchev–Trinajstić information content (AvgIpc) is 2.49. The van der Waals surface area contributed by atoms with Crippen molar-refractivity contribution in [3.05, 3.63) is 53.3 Å². The zero-order valence-electron chi connectivity index (χ0n) is 12.0. The highest BCUT2D eigenvalue weighted by atomic mass is 16.5. The van der Waals surface area contributed by atoms with Crippen LogP contribution in [0.1, 0.15) is 23.2 Å². The van der Waals surface area contributed by atoms with Gasteiger partial charge in [0.15, 0.2) is 0 Å². The zero-order valence-corrected chi connectivity index (χ0v) is 12.0. The lowest BCUT2D eigenvalue weighted by molar-refractivity contribution is 0.413. The lowest BCUT2D eigenvalue weighted by Crippen LogP contribution is -2.27. The minimum Gasteiger partial charge on any atom is -0.497 e. The molecule has 104 valence electrons. The topological polar surface area (TPSA) is 34.1 Å². The Morgan fingerprint density at radius 2 is 2.15 bits per heavy atom. The maximum Gasteiger partial charge on any atom is 0.119 e. The van der Waals surface area contributed by atoms with E-state index in [1.165, 1.54) is 11.1 Å². The van der Waals surface area contributed by atoms with Gasteiger partial charge < -0.3 is 10.1 Å². The van der Waals surface area contributed by atoms with Crippen molar-refractivity contribution in [1.82, 2.24) is 4.98 Å². The van der Waals surface area contributed by atoms with Crippen molar-refractivity contribution < 1.29 is 4.74 Å². The van der Waals surface area contributed by atoms with Crippen LogP contribution < -0.4 is 10.1 Å². The molecule has 1 heterocycles. The maximum atomic E-state index is 5.32. The fraction of sp³-hybridized carbons (Fsp3) is 0.353. The molecular formula is C17H20N2O. The molecule has 1 aliphatic carbocycles. The standard InChI is InChI=1S/C17H20N2O/c1-12-17(4-3-9-18-12)19-15-7-5-13-6-8-16(20-2)11-14(13)10-15/h3-4,6,8-9,11,15,19H,5,7,10H2,1-2H3. The third-order valence-corrected chi connectivity index (χ3v) is 4.01. The van der Waals surface area contributed by atoms with E-state index >= 15 is 0 Å². The van der Waals surface area contributed by atoms with E-state index in [2.05, 4.69) is 34.6 Å². The van der Waals surface area contributed by atoms with Gasteiger partial charge in [-0.3, -0.25) is 4.98 Å². The van der Waals surface area contributed by atoms with Crippen molar-refractivity contribution in [2.45, 2.75) is 32.2 Å². The molecule has 1 aromatic carbocycles. The summed E-state index contributed by atoms with van der Waals surface area (Å²) < 4.78 is 5.32. The van der Waals surface area contributed by atoms with Crippen molar-refractivity contribution in [2.75, 3.05) is 12.4 Å². The van der Waals surface area contributed by atoms with E-state index in [9.17, 15) is 0 Å². The molecule has 20 heavy (non-hydrogen) atoms. The molecule has 0 saturated heterocycles. The Morgan fingerprint density at radius 3 is 2.95 bits per heavy atom. The first kappa shape index (κ1) is 13.0. The molecule has 1 aliphatic rings. The number of aromatic nitrogens is 1. The fourth-order valence-corrected chi connectivity index (χ4v) is 2.84. The molecule has 0 spiro atoms. The molecule has 3 heteroatoms. The number of pyridine rings is 1. The van der Waals surface area contributed by atoms with Gasteiger partial charge in [0.1, 0.15) is 5.75 Å². The highest BCUT2D eigenvalue weighted by molar-refractivity contribution is 5.49. The van der Waals surface area contributed by atoms with Crippen LogP contribution in [0, 0.1) is 6.92 Å². The molecular weight excluding hydrogens is 248 g/mol. The van der Waals surface area contributed by atoms with Gasteiger partial charge in [-0.05, 0) is 61.6 Å². The average molecular weight is 268 g/mol. The number of benzene rings is 1. The van der Waals surface area contributed by atoms with Gasteiger partial charge in [-0.2, -0.15) is 0 Å². The van der Waals surface area contributed by atoms with E-state index in [1.54, 1.807) is 7.11 Å². The molecule has 0 bridgehead atoms. The smallest absolute Gasteiger partial charge is 0.119 e. The summed E-state index contributed by atoms with van der Waals surface area (Å²) in [5, 5.41) is 3.62. The van der Waals surface area contributed by atoms with E-state index in [4.69, 9.17) is 4.74 Å². The van der Waals surface area contributed by atoms with Gasteiger partial charge in [0, 0.05) is 12.2 Å². The summed E-state index contributed by atoms with van der Waals surface area (Å²) in [6.45, 7) is 2.04. The van der Waals surface area contributed by atoms with Crippen LogP contribution >= 0.6 is 0 Å². The van der Waals surface area contributed by atoms with Crippen molar-refractivity contribution in [3.63, 3.8) is 0 Å². The van der Waals surface area contributed by atoms with Crippen LogP contribution in [0.5, 0.6) is 5.75 Å². The van der Waals surface area contributed by atoms with Gasteiger partial charge in [0.2, 0.25) is 0 Å². The number of anilines is 1. The summed E-state index contributed by atoms with van der Waals surface area (Å²) in [6, 6.07) is 11.0. The number of methoxy groups -OCH3 is 1. The maximum absolute atomic E-state index is 5.32. The third-order valence-electron chi connectivity index (χ3n) is 4.01. The predicted octanol–water partition coefficient (Wildman–Crippen LogP) is 3.37. The third kappa shape index (κ3) is 2.62. The Kier molecular flexibility index (Phi) is 3.59. The molecule has 0 fully saturated rings. The van der Waals surface area contributed by atoms with E-state index < -0.39 is 0 Å². The summed E-state index contributed by atoms with van der Waals surface area (Å²) >= 11 is 0. The van der Waals surface area contributed by atoms with Gasteiger partial charge in [-0.15, -0.1) is 0 Å². The Balaban J connectivity index is 1.76. The molecule has 1 atom stereocenters. The number of hydrogen-bond acceptors (Lipinski definition) is 3. The summed E-state index contributed by atoms with van der Waals surface area (Å²) in [5.74, 6) is 0.946. The van der Waals surface area contributed by atoms with Crippen LogP contribution in [0.25, 0.3) is 0 Å². The number of aryl methyl sites for hydroxylation is 2. The molecule has 3 nitrogen and oxygen atoms in total. The number of fused-ring (bicyclic) bond motifs is 1. The van der Waals surface area contributed by atoms with Crippen molar-refractivity contribution >= 4 is 5.69 Å². The van der Waals surface area contributed by atoms with Crippen LogP contribution in [0.4, 0.5) is 5.69 Å². The summed E-state index contributed by atoms with van der Waals surface area (Å²) in [6.07, 6.45) is 5.16. The molecule has 0 aliphatic heterocycles. The number of rotatable bonds is 3. The minimum absolute atomic E-state index is 0.470. The summed E-state index contributed by atoms with van der Waals surface area (Å²) in [7, 11) is 1.72. The number of ether oxygens (including phenoxy) is 1. The highest BCUT2D eigenvalue weighted by Gasteiger charge is 2.19. The molecule has 1 unspecified atom stereocenters. The lowest BCUT2D eigenvalue weighted by atomic mass is 9.88. The van der Waals surface area contributed by atoms with Gasteiger partial charge >= 0.3 is 0 Å². The number of nitrogens with one attached hydrogen (secondary N) is 1. The Bertz CT molecular complexity index is 610. The van der Waals surface area contributed by atoms with Crippen LogP contribution in [0.15, 0.2) is 36.5 Å². The SMILES string of the molecule is COc1ccc2c(c1)CC(Nc1cccnc1C)CC2. The van der Waals surface area contributed by atoms with Gasteiger partial charge in [-0.25, -0.2) is 0 Å². The first-order valence-electron chi connectivity index (χ1n) is 7.10. The molecule has 0 saturated carbocycles. The van der Waals surface area contributed by atoms with Crippen LogP contribution in [-0.2, 0) is 12.8 Å². The van der Waals surface area contributed by atoms with Gasteiger partial charge in [0.05, 0.1) is 18.5 Å². The highest BCUT2D eigenvalue weighted by Crippen LogP contribution is 2.27. The van der Waals surface area contributed by atoms with Crippen molar-refractivity contribution in [1.29, 1.82) is 0 Å². The Labute approximate surface area is 120 Å². The van der Waals surface area contributed by atoms with Gasteiger partial charge in [0.25, 0.3) is 0 Å². The molecule has 1 N–H and O–H groups in total. The quantitative estimate of drug-likeness (QED) is 0.926. The summed E-state index contributed by atoms with van der Waals surface area (Å²) in [5.41, 5.74) is 5.05. The van der Waals surface area contributed by atoms with Crippen LogP contribution in [-0.4, -0.2) is 18.1 Å². The summed E-state index contributed by atoms with van der Waals surface area (Å²) in [4.78, 5) is 4.33. The van der Waals surface area contributed by atoms with E-state index in [0.29, 0.717) is 6.04 Å². The van der Waals surface area contributed by atoms with Crippen molar-refractivity contribution in [2.24, 2.45) is 0 Å². The normalized spacial score (nSPS) is 17.4. The van der Waals surface area contributed by atoms with E-state index in [0.717, 1.165) is 36.4 Å². The monoisotopic (exact) mass is 268 g/mol. The Morgan fingerprint density at radius 1 is 1.25 bits per heavy atom. The first-order valence-corrected chi connectivity index (χ1v) is 7.10. The molecule has 0 radical (unpaired) electrons. The van der Waals surface area contributed by atoms with Crippen LogP contribution in [0.2, 0.25) is 0 Å².